The first-order valence-electron chi connectivity index (χ1n) is 11.5. The van der Waals surface area contributed by atoms with E-state index < -0.39 is 8.32 Å². The van der Waals surface area contributed by atoms with Gasteiger partial charge in [-0.3, -0.25) is 0 Å². The fourth-order valence-electron chi connectivity index (χ4n) is 5.48. The SMILES string of the molecule is CCO[Si](C)(C)c1ccccc1B(c1c(C)cc(C)cc1C)c1c(C)cc(C)cc1C. The highest BCUT2D eigenvalue weighted by Gasteiger charge is 2.35. The van der Waals surface area contributed by atoms with Crippen molar-refractivity contribution in [2.24, 2.45) is 0 Å². The van der Waals surface area contributed by atoms with Crippen LogP contribution in [0.1, 0.15) is 40.3 Å². The Morgan fingerprint density at radius 3 is 1.55 bits per heavy atom. The van der Waals surface area contributed by atoms with Gasteiger partial charge < -0.3 is 4.43 Å². The van der Waals surface area contributed by atoms with Gasteiger partial charge in [0, 0.05) is 6.61 Å². The number of rotatable bonds is 6. The minimum absolute atomic E-state index is 0.199. The molecule has 1 nitrogen and oxygen atoms in total. The molecule has 3 aromatic rings. The van der Waals surface area contributed by atoms with E-state index in [2.05, 4.69) is 110 Å². The second-order valence-electron chi connectivity index (χ2n) is 9.59. The monoisotopic (exact) mass is 428 g/mol. The van der Waals surface area contributed by atoms with E-state index in [4.69, 9.17) is 4.43 Å². The zero-order valence-electron chi connectivity index (χ0n) is 20.8. The van der Waals surface area contributed by atoms with E-state index in [9.17, 15) is 0 Å². The van der Waals surface area contributed by atoms with Crippen molar-refractivity contribution in [1.82, 2.24) is 0 Å². The maximum atomic E-state index is 6.38. The molecule has 0 fully saturated rings. The third kappa shape index (κ3) is 4.73. The quantitative estimate of drug-likeness (QED) is 0.526. The summed E-state index contributed by atoms with van der Waals surface area (Å²) in [6.07, 6.45) is 0. The number of hydrogen-bond acceptors (Lipinski definition) is 1. The van der Waals surface area contributed by atoms with Crippen LogP contribution in [-0.2, 0) is 4.43 Å². The lowest BCUT2D eigenvalue weighted by Gasteiger charge is -2.31. The minimum atomic E-state index is -2.04. The van der Waals surface area contributed by atoms with E-state index in [1.807, 2.05) is 0 Å². The Morgan fingerprint density at radius 2 is 1.13 bits per heavy atom. The molecular formula is C28H37BOSi. The molecule has 162 valence electrons. The first-order chi connectivity index (χ1) is 14.6. The Kier molecular flexibility index (Phi) is 6.98. The summed E-state index contributed by atoms with van der Waals surface area (Å²) >= 11 is 0. The standard InChI is InChI=1S/C28H37BOSi/c1-10-30-31(8,9)26-14-12-11-13-25(26)29(27-21(4)15-19(2)16-22(27)5)28-23(6)17-20(3)18-24(28)7/h11-18H,10H2,1-9H3. The Hall–Kier alpha value is -2.10. The molecule has 0 radical (unpaired) electrons. The van der Waals surface area contributed by atoms with Crippen molar-refractivity contribution in [2.75, 3.05) is 6.61 Å². The van der Waals surface area contributed by atoms with Gasteiger partial charge in [-0.15, -0.1) is 0 Å². The average Bonchev–Trinajstić information content (AvgIpc) is 2.65. The van der Waals surface area contributed by atoms with Crippen LogP contribution in [0, 0.1) is 41.5 Å². The third-order valence-electron chi connectivity index (χ3n) is 6.48. The topological polar surface area (TPSA) is 9.23 Å². The molecule has 0 saturated carbocycles. The van der Waals surface area contributed by atoms with Crippen molar-refractivity contribution in [2.45, 2.75) is 61.6 Å². The molecule has 0 aliphatic rings. The van der Waals surface area contributed by atoms with Gasteiger partial charge >= 0.3 is 0 Å². The lowest BCUT2D eigenvalue weighted by molar-refractivity contribution is 0.339. The summed E-state index contributed by atoms with van der Waals surface area (Å²) in [5.41, 5.74) is 12.4. The predicted octanol–water partition coefficient (Wildman–Crippen LogP) is 4.50. The maximum absolute atomic E-state index is 6.38. The molecule has 0 aliphatic carbocycles. The molecule has 3 rings (SSSR count). The van der Waals surface area contributed by atoms with E-state index in [1.54, 1.807) is 0 Å². The fraction of sp³-hybridized carbons (Fsp3) is 0.357. The second kappa shape index (κ2) is 9.18. The van der Waals surface area contributed by atoms with E-state index in [-0.39, 0.29) is 6.71 Å². The predicted molar refractivity (Wildman–Crippen MR) is 141 cm³/mol. The third-order valence-corrected chi connectivity index (χ3v) is 9.24. The fourth-order valence-corrected chi connectivity index (χ4v) is 7.78. The average molecular weight is 429 g/mol. The van der Waals surface area contributed by atoms with Crippen molar-refractivity contribution in [3.63, 3.8) is 0 Å². The normalized spacial score (nSPS) is 11.6. The molecule has 0 aromatic heterocycles. The van der Waals surface area contributed by atoms with E-state index >= 15 is 0 Å². The second-order valence-corrected chi connectivity index (χ2v) is 13.4. The van der Waals surface area contributed by atoms with E-state index in [0.717, 1.165) is 6.61 Å². The van der Waals surface area contributed by atoms with Crippen LogP contribution in [0.3, 0.4) is 0 Å². The molecule has 0 atom stereocenters. The van der Waals surface area contributed by atoms with Crippen LogP contribution in [0.2, 0.25) is 13.1 Å². The van der Waals surface area contributed by atoms with Gasteiger partial charge in [-0.2, -0.15) is 0 Å². The Labute approximate surface area is 191 Å². The molecule has 0 spiro atoms. The number of hydrogen-bond donors (Lipinski definition) is 0. The van der Waals surface area contributed by atoms with Crippen LogP contribution in [-0.4, -0.2) is 21.6 Å². The Morgan fingerprint density at radius 1 is 0.710 bits per heavy atom. The lowest BCUT2D eigenvalue weighted by atomic mass is 9.34. The zero-order valence-corrected chi connectivity index (χ0v) is 21.8. The molecule has 3 heteroatoms. The van der Waals surface area contributed by atoms with Crippen molar-refractivity contribution in [3.05, 3.63) is 81.9 Å². The van der Waals surface area contributed by atoms with Crippen molar-refractivity contribution in [1.29, 1.82) is 0 Å². The number of benzene rings is 3. The molecule has 0 bridgehead atoms. The summed E-state index contributed by atoms with van der Waals surface area (Å²) in [5.74, 6) is 0. The van der Waals surface area contributed by atoms with Crippen molar-refractivity contribution in [3.8, 4) is 0 Å². The highest BCUT2D eigenvalue weighted by Crippen LogP contribution is 2.14. The maximum Gasteiger partial charge on any atom is 0.242 e. The van der Waals surface area contributed by atoms with E-state index in [0.29, 0.717) is 0 Å². The summed E-state index contributed by atoms with van der Waals surface area (Å²) in [6, 6.07) is 18.4. The van der Waals surface area contributed by atoms with Crippen LogP contribution in [0.5, 0.6) is 0 Å². The van der Waals surface area contributed by atoms with Crippen LogP contribution in [0.4, 0.5) is 0 Å². The summed E-state index contributed by atoms with van der Waals surface area (Å²) in [7, 11) is -2.04. The van der Waals surface area contributed by atoms with E-state index in [1.165, 1.54) is 55.0 Å². The van der Waals surface area contributed by atoms with Crippen molar-refractivity contribution >= 4 is 36.6 Å². The summed E-state index contributed by atoms with van der Waals surface area (Å²) in [5, 5.41) is 1.40. The summed E-state index contributed by atoms with van der Waals surface area (Å²) < 4.78 is 6.38. The molecule has 0 unspecified atom stereocenters. The molecule has 0 heterocycles. The smallest absolute Gasteiger partial charge is 0.242 e. The van der Waals surface area contributed by atoms with Gasteiger partial charge in [0.1, 0.15) is 0 Å². The molecular weight excluding hydrogens is 391 g/mol. The molecule has 0 aliphatic heterocycles. The van der Waals surface area contributed by atoms with Gasteiger partial charge in [0.25, 0.3) is 0 Å². The molecule has 31 heavy (non-hydrogen) atoms. The van der Waals surface area contributed by atoms with Crippen LogP contribution >= 0.6 is 0 Å². The van der Waals surface area contributed by atoms with Crippen LogP contribution in [0.25, 0.3) is 0 Å². The first kappa shape index (κ1) is 23.6. The van der Waals surface area contributed by atoms with Crippen LogP contribution in [0.15, 0.2) is 48.5 Å². The molecule has 0 N–H and O–H groups in total. The van der Waals surface area contributed by atoms with Gasteiger partial charge in [-0.1, -0.05) is 98.3 Å². The molecule has 3 aromatic carbocycles. The molecule has 0 saturated heterocycles. The minimum Gasteiger partial charge on any atom is -0.413 e. The van der Waals surface area contributed by atoms with Gasteiger partial charge in [0.2, 0.25) is 15.0 Å². The summed E-state index contributed by atoms with van der Waals surface area (Å²) in [4.78, 5) is 0. The molecule has 0 amide bonds. The first-order valence-corrected chi connectivity index (χ1v) is 14.4. The largest absolute Gasteiger partial charge is 0.413 e. The van der Waals surface area contributed by atoms with Crippen molar-refractivity contribution < 1.29 is 4.43 Å². The Bertz CT molecular complexity index is 996. The van der Waals surface area contributed by atoms with Gasteiger partial charge in [-0.05, 0) is 66.7 Å². The van der Waals surface area contributed by atoms with Gasteiger partial charge in [0.05, 0.1) is 0 Å². The summed E-state index contributed by atoms with van der Waals surface area (Å²) in [6.45, 7) is 21.2. The van der Waals surface area contributed by atoms with Gasteiger partial charge in [-0.25, -0.2) is 0 Å². The van der Waals surface area contributed by atoms with Crippen LogP contribution < -0.4 is 21.6 Å². The zero-order chi connectivity index (χ0) is 22.9. The highest BCUT2D eigenvalue weighted by atomic mass is 28.4. The highest BCUT2D eigenvalue weighted by molar-refractivity contribution is 7.01. The lowest BCUT2D eigenvalue weighted by Crippen LogP contribution is -2.64. The number of aryl methyl sites for hydroxylation is 6. The van der Waals surface area contributed by atoms with Gasteiger partial charge in [0.15, 0.2) is 0 Å². The Balaban J connectivity index is 2.42.